The number of hydrogen-bond acceptors (Lipinski definition) is 1. The predicted molar refractivity (Wildman–Crippen MR) is 74.9 cm³/mol. The van der Waals surface area contributed by atoms with Crippen molar-refractivity contribution in [1.29, 1.82) is 0 Å². The number of amides is 1. The molecule has 0 rings (SSSR count). The topological polar surface area (TPSA) is 20.3 Å². The molecule has 0 aliphatic rings. The third kappa shape index (κ3) is 5.71. The normalized spacial score (nSPS) is 13.8. The van der Waals surface area contributed by atoms with Gasteiger partial charge in [-0.15, -0.1) is 6.58 Å². The first-order valence-electron chi connectivity index (χ1n) is 6.55. The van der Waals surface area contributed by atoms with Crippen LogP contribution < -0.4 is 0 Å². The molecule has 1 atom stereocenters. The molecule has 1 unspecified atom stereocenters. The minimum atomic E-state index is -0.000137. The van der Waals surface area contributed by atoms with Gasteiger partial charge < -0.3 is 4.90 Å². The fraction of sp³-hybridized carbons (Fsp3) is 0.667. The Bertz CT molecular complexity index is 260. The molecule has 0 aromatic rings. The molecule has 0 saturated heterocycles. The van der Waals surface area contributed by atoms with Gasteiger partial charge >= 0.3 is 0 Å². The maximum absolute atomic E-state index is 11.6. The van der Waals surface area contributed by atoms with E-state index in [-0.39, 0.29) is 5.91 Å². The largest absolute Gasteiger partial charge is 0.335 e. The van der Waals surface area contributed by atoms with E-state index in [1.165, 1.54) is 18.9 Å². The van der Waals surface area contributed by atoms with Gasteiger partial charge in [-0.2, -0.15) is 0 Å². The summed E-state index contributed by atoms with van der Waals surface area (Å²) in [6, 6.07) is 0. The molecular formula is C15H27NO. The zero-order valence-electron chi connectivity index (χ0n) is 11.7. The molecule has 2 nitrogen and oxygen atoms in total. The highest BCUT2D eigenvalue weighted by molar-refractivity contribution is 5.87. The average Bonchev–Trinajstić information content (AvgIpc) is 2.34. The highest BCUT2D eigenvalue weighted by Gasteiger charge is 2.22. The van der Waals surface area contributed by atoms with Crippen molar-refractivity contribution in [3.8, 4) is 0 Å². The number of carbonyl (C=O) groups excluding carboxylic acids is 1. The van der Waals surface area contributed by atoms with Crippen LogP contribution in [0.25, 0.3) is 0 Å². The van der Waals surface area contributed by atoms with Crippen LogP contribution >= 0.6 is 0 Å². The lowest BCUT2D eigenvalue weighted by Gasteiger charge is -2.31. The molecule has 0 aliphatic heterocycles. The van der Waals surface area contributed by atoms with Crippen molar-refractivity contribution < 1.29 is 4.79 Å². The zero-order valence-corrected chi connectivity index (χ0v) is 11.7. The van der Waals surface area contributed by atoms with E-state index >= 15 is 0 Å². The van der Waals surface area contributed by atoms with Gasteiger partial charge in [-0.1, -0.05) is 46.3 Å². The van der Waals surface area contributed by atoms with Gasteiger partial charge in [0.2, 0.25) is 5.91 Å². The highest BCUT2D eigenvalue weighted by Crippen LogP contribution is 2.31. The fourth-order valence-corrected chi connectivity index (χ4v) is 2.06. The van der Waals surface area contributed by atoms with Crippen LogP contribution in [0.2, 0.25) is 0 Å². The Balaban J connectivity index is 4.40. The Morgan fingerprint density at radius 2 is 1.94 bits per heavy atom. The van der Waals surface area contributed by atoms with E-state index in [4.69, 9.17) is 0 Å². The van der Waals surface area contributed by atoms with Gasteiger partial charge in [0, 0.05) is 13.1 Å². The first kappa shape index (κ1) is 16.0. The summed E-state index contributed by atoms with van der Waals surface area (Å²) in [5.41, 5.74) is 0.343. The van der Waals surface area contributed by atoms with Crippen molar-refractivity contribution in [3.63, 3.8) is 0 Å². The van der Waals surface area contributed by atoms with E-state index in [9.17, 15) is 4.79 Å². The van der Waals surface area contributed by atoms with Crippen LogP contribution in [0, 0.1) is 5.41 Å². The quantitative estimate of drug-likeness (QED) is 0.441. The summed E-state index contributed by atoms with van der Waals surface area (Å²) in [6.07, 6.45) is 7.77. The molecule has 2 heteroatoms. The Labute approximate surface area is 106 Å². The van der Waals surface area contributed by atoms with Crippen LogP contribution in [0.4, 0.5) is 0 Å². The number of carbonyl (C=O) groups is 1. The van der Waals surface area contributed by atoms with Gasteiger partial charge in [-0.3, -0.25) is 4.79 Å². The van der Waals surface area contributed by atoms with Gasteiger partial charge in [0.05, 0.1) is 0 Å². The summed E-state index contributed by atoms with van der Waals surface area (Å²) in [4.78, 5) is 13.4. The average molecular weight is 237 g/mol. The van der Waals surface area contributed by atoms with Crippen molar-refractivity contribution in [2.24, 2.45) is 5.41 Å². The molecule has 0 saturated carbocycles. The standard InChI is InChI=1S/C15H27NO/c1-6-10-15(5,9-4)11-13-16(12-7-2)14(17)8-3/h7-8H,2-3,6,9-13H2,1,4-5H3. The number of rotatable bonds is 9. The minimum absolute atomic E-state index is 0.000137. The van der Waals surface area contributed by atoms with Crippen LogP contribution in [-0.2, 0) is 4.79 Å². The summed E-state index contributed by atoms with van der Waals surface area (Å²) in [5.74, 6) is -0.000137. The Morgan fingerprint density at radius 1 is 1.29 bits per heavy atom. The molecule has 0 bridgehead atoms. The monoisotopic (exact) mass is 237 g/mol. The van der Waals surface area contributed by atoms with E-state index in [1.807, 2.05) is 4.90 Å². The second-order valence-corrected chi connectivity index (χ2v) is 4.94. The van der Waals surface area contributed by atoms with Crippen molar-refractivity contribution in [3.05, 3.63) is 25.3 Å². The van der Waals surface area contributed by atoms with Crippen LogP contribution in [-0.4, -0.2) is 23.9 Å². The summed E-state index contributed by atoms with van der Waals surface area (Å²) in [6.45, 7) is 15.4. The van der Waals surface area contributed by atoms with Crippen LogP contribution in [0.5, 0.6) is 0 Å². The van der Waals surface area contributed by atoms with E-state index < -0.39 is 0 Å². The first-order valence-corrected chi connectivity index (χ1v) is 6.55. The van der Waals surface area contributed by atoms with E-state index in [0.29, 0.717) is 12.0 Å². The Morgan fingerprint density at radius 3 is 2.35 bits per heavy atom. The summed E-state index contributed by atoms with van der Waals surface area (Å²) in [5, 5.41) is 0. The van der Waals surface area contributed by atoms with Gasteiger partial charge in [0.25, 0.3) is 0 Å². The molecule has 1 amide bonds. The molecule has 0 fully saturated rings. The molecule has 0 radical (unpaired) electrons. The third-order valence-electron chi connectivity index (χ3n) is 3.53. The number of nitrogens with zero attached hydrogens (tertiary/aromatic N) is 1. The molecule has 0 aromatic heterocycles. The summed E-state index contributed by atoms with van der Waals surface area (Å²) >= 11 is 0. The maximum atomic E-state index is 11.6. The molecule has 17 heavy (non-hydrogen) atoms. The molecule has 0 heterocycles. The van der Waals surface area contributed by atoms with Crippen molar-refractivity contribution in [2.45, 2.75) is 46.5 Å². The first-order chi connectivity index (χ1) is 8.02. The maximum Gasteiger partial charge on any atom is 0.246 e. The lowest BCUT2D eigenvalue weighted by atomic mass is 9.80. The Hall–Kier alpha value is -1.05. The van der Waals surface area contributed by atoms with Gasteiger partial charge in [0.15, 0.2) is 0 Å². The molecule has 0 N–H and O–H groups in total. The van der Waals surface area contributed by atoms with Crippen LogP contribution in [0.15, 0.2) is 25.3 Å². The molecule has 0 aromatic carbocycles. The van der Waals surface area contributed by atoms with E-state index in [1.54, 1.807) is 6.08 Å². The van der Waals surface area contributed by atoms with E-state index in [2.05, 4.69) is 33.9 Å². The van der Waals surface area contributed by atoms with Gasteiger partial charge in [0.1, 0.15) is 0 Å². The summed E-state index contributed by atoms with van der Waals surface area (Å²) in [7, 11) is 0. The van der Waals surface area contributed by atoms with Gasteiger partial charge in [-0.25, -0.2) is 0 Å². The number of hydrogen-bond donors (Lipinski definition) is 0. The van der Waals surface area contributed by atoms with Crippen molar-refractivity contribution >= 4 is 5.91 Å². The van der Waals surface area contributed by atoms with Crippen molar-refractivity contribution in [1.82, 2.24) is 4.90 Å². The molecule has 0 spiro atoms. The zero-order chi connectivity index (χ0) is 13.3. The van der Waals surface area contributed by atoms with E-state index in [0.717, 1.165) is 19.4 Å². The van der Waals surface area contributed by atoms with Crippen LogP contribution in [0.3, 0.4) is 0 Å². The lowest BCUT2D eigenvalue weighted by molar-refractivity contribution is -0.125. The minimum Gasteiger partial charge on any atom is -0.335 e. The second-order valence-electron chi connectivity index (χ2n) is 4.94. The SMILES string of the molecule is C=CCN(CCC(C)(CC)CCC)C(=O)C=C. The lowest BCUT2D eigenvalue weighted by Crippen LogP contribution is -2.33. The fourth-order valence-electron chi connectivity index (χ4n) is 2.06. The Kier molecular flexibility index (Phi) is 7.60. The smallest absolute Gasteiger partial charge is 0.246 e. The summed E-state index contributed by atoms with van der Waals surface area (Å²) < 4.78 is 0. The predicted octanol–water partition coefficient (Wildman–Crippen LogP) is 3.79. The van der Waals surface area contributed by atoms with Crippen LogP contribution in [0.1, 0.15) is 46.5 Å². The highest BCUT2D eigenvalue weighted by atomic mass is 16.2. The second kappa shape index (κ2) is 8.10. The molecule has 98 valence electrons. The molecular weight excluding hydrogens is 210 g/mol. The van der Waals surface area contributed by atoms with Crippen molar-refractivity contribution in [2.75, 3.05) is 13.1 Å². The molecule has 0 aliphatic carbocycles. The third-order valence-corrected chi connectivity index (χ3v) is 3.53. The van der Waals surface area contributed by atoms with Gasteiger partial charge in [-0.05, 0) is 24.3 Å².